The number of pyridine rings is 1. The summed E-state index contributed by atoms with van der Waals surface area (Å²) in [5.74, 6) is 2.46. The Morgan fingerprint density at radius 3 is 3.09 bits per heavy atom. The predicted molar refractivity (Wildman–Crippen MR) is 85.3 cm³/mol. The highest BCUT2D eigenvalue weighted by atomic mass is 16.2. The van der Waals surface area contributed by atoms with Crippen LogP contribution in [0.25, 0.3) is 0 Å². The van der Waals surface area contributed by atoms with Gasteiger partial charge in [0.1, 0.15) is 11.6 Å². The minimum absolute atomic E-state index is 0.0924. The normalized spacial score (nSPS) is 19.9. The number of likely N-dealkylation sites (tertiary alicyclic amines) is 1. The molecule has 4 rings (SSSR count). The van der Waals surface area contributed by atoms with Crippen LogP contribution in [0.15, 0.2) is 12.1 Å². The number of aryl methyl sites for hydroxylation is 3. The summed E-state index contributed by atoms with van der Waals surface area (Å²) < 4.78 is 0. The largest absolute Gasteiger partial charge is 0.324 e. The molecule has 2 N–H and O–H groups in total. The van der Waals surface area contributed by atoms with Crippen LogP contribution in [0.4, 0.5) is 10.6 Å². The van der Waals surface area contributed by atoms with Gasteiger partial charge in [-0.05, 0) is 44.2 Å². The second kappa shape index (κ2) is 5.64. The quantitative estimate of drug-likeness (QED) is 0.888. The standard InChI is InChI=1S/C16H20N6O/c1-10-17-15(21-20-10)12-7-8-22(9-12)16(23)19-14-6-5-11-3-2-4-13(11)18-14/h5-6,12H,2-4,7-9H2,1H3,(H,17,20,21)(H,18,19,23). The number of anilines is 1. The molecule has 1 unspecified atom stereocenters. The number of nitrogens with zero attached hydrogens (tertiary/aromatic N) is 4. The number of rotatable bonds is 2. The van der Waals surface area contributed by atoms with Gasteiger partial charge in [-0.15, -0.1) is 0 Å². The second-order valence-corrected chi connectivity index (χ2v) is 6.30. The smallest absolute Gasteiger partial charge is 0.323 e. The number of amides is 2. The lowest BCUT2D eigenvalue weighted by molar-refractivity contribution is 0.222. The Labute approximate surface area is 134 Å². The molecule has 1 saturated heterocycles. The van der Waals surface area contributed by atoms with Gasteiger partial charge in [0.05, 0.1) is 0 Å². The van der Waals surface area contributed by atoms with E-state index in [2.05, 4.69) is 31.5 Å². The number of carbonyl (C=O) groups excluding carboxylic acids is 1. The number of aromatic nitrogens is 4. The van der Waals surface area contributed by atoms with E-state index in [4.69, 9.17) is 0 Å². The summed E-state index contributed by atoms with van der Waals surface area (Å²) in [6.07, 6.45) is 4.15. The van der Waals surface area contributed by atoms with Crippen molar-refractivity contribution in [3.63, 3.8) is 0 Å². The highest BCUT2D eigenvalue weighted by Gasteiger charge is 2.30. The lowest BCUT2D eigenvalue weighted by Gasteiger charge is -2.16. The average Bonchev–Trinajstić information content (AvgIpc) is 3.26. The molecule has 7 heteroatoms. The third-order valence-corrected chi connectivity index (χ3v) is 4.62. The lowest BCUT2D eigenvalue weighted by Crippen LogP contribution is -2.33. The van der Waals surface area contributed by atoms with E-state index < -0.39 is 0 Å². The third kappa shape index (κ3) is 2.78. The van der Waals surface area contributed by atoms with Crippen molar-refractivity contribution in [2.75, 3.05) is 18.4 Å². The van der Waals surface area contributed by atoms with E-state index in [0.717, 1.165) is 49.6 Å². The molecule has 3 heterocycles. The maximum atomic E-state index is 12.4. The van der Waals surface area contributed by atoms with Gasteiger partial charge in [-0.1, -0.05) is 6.07 Å². The fourth-order valence-corrected chi connectivity index (χ4v) is 3.38. The number of hydrogen-bond acceptors (Lipinski definition) is 4. The molecule has 0 bridgehead atoms. The van der Waals surface area contributed by atoms with E-state index in [0.29, 0.717) is 12.4 Å². The Morgan fingerprint density at radius 2 is 2.26 bits per heavy atom. The molecule has 1 aliphatic heterocycles. The van der Waals surface area contributed by atoms with Gasteiger partial charge in [0.25, 0.3) is 0 Å². The number of urea groups is 1. The molecular weight excluding hydrogens is 292 g/mol. The van der Waals surface area contributed by atoms with E-state index in [1.807, 2.05) is 17.9 Å². The van der Waals surface area contributed by atoms with Crippen LogP contribution in [-0.2, 0) is 12.8 Å². The maximum absolute atomic E-state index is 12.4. The Balaban J connectivity index is 1.40. The summed E-state index contributed by atoms with van der Waals surface area (Å²) in [6, 6.07) is 3.88. The zero-order valence-electron chi connectivity index (χ0n) is 13.2. The molecule has 1 fully saturated rings. The number of carbonyl (C=O) groups is 1. The molecule has 120 valence electrons. The highest BCUT2D eigenvalue weighted by molar-refractivity contribution is 5.88. The number of aromatic amines is 1. The molecule has 2 aliphatic rings. The van der Waals surface area contributed by atoms with Gasteiger partial charge in [-0.3, -0.25) is 10.4 Å². The lowest BCUT2D eigenvalue weighted by atomic mass is 10.1. The van der Waals surface area contributed by atoms with E-state index in [9.17, 15) is 4.79 Å². The Kier molecular flexibility index (Phi) is 3.48. The van der Waals surface area contributed by atoms with Gasteiger partial charge >= 0.3 is 6.03 Å². The molecule has 7 nitrogen and oxygen atoms in total. The van der Waals surface area contributed by atoms with Crippen molar-refractivity contribution in [1.29, 1.82) is 0 Å². The van der Waals surface area contributed by atoms with Crippen LogP contribution in [0.3, 0.4) is 0 Å². The summed E-state index contributed by atoms with van der Waals surface area (Å²) in [4.78, 5) is 23.2. The molecular formula is C16H20N6O. The summed E-state index contributed by atoms with van der Waals surface area (Å²) in [7, 11) is 0. The molecule has 0 saturated carbocycles. The third-order valence-electron chi connectivity index (χ3n) is 4.62. The van der Waals surface area contributed by atoms with Crippen LogP contribution >= 0.6 is 0 Å². The van der Waals surface area contributed by atoms with Gasteiger partial charge in [-0.25, -0.2) is 14.8 Å². The van der Waals surface area contributed by atoms with Crippen LogP contribution in [0.1, 0.15) is 41.7 Å². The SMILES string of the molecule is Cc1nc(C2CCN(C(=O)Nc3ccc4c(n3)CCC4)C2)n[nH]1. The fraction of sp³-hybridized carbons (Fsp3) is 0.500. The van der Waals surface area contributed by atoms with Gasteiger partial charge < -0.3 is 4.90 Å². The molecule has 1 aliphatic carbocycles. The van der Waals surface area contributed by atoms with Gasteiger partial charge in [0, 0.05) is 24.7 Å². The van der Waals surface area contributed by atoms with E-state index in [1.165, 1.54) is 5.56 Å². The fourth-order valence-electron chi connectivity index (χ4n) is 3.38. The first kappa shape index (κ1) is 14.2. The predicted octanol–water partition coefficient (Wildman–Crippen LogP) is 2.02. The number of fused-ring (bicyclic) bond motifs is 1. The second-order valence-electron chi connectivity index (χ2n) is 6.30. The summed E-state index contributed by atoms with van der Waals surface area (Å²) in [5.41, 5.74) is 2.43. The van der Waals surface area contributed by atoms with E-state index in [-0.39, 0.29) is 11.9 Å². The van der Waals surface area contributed by atoms with Gasteiger partial charge in [0.2, 0.25) is 0 Å². The van der Waals surface area contributed by atoms with Crippen LogP contribution < -0.4 is 5.32 Å². The van der Waals surface area contributed by atoms with Crippen molar-refractivity contribution < 1.29 is 4.79 Å². The summed E-state index contributed by atoms with van der Waals surface area (Å²) in [6.45, 7) is 3.25. The summed E-state index contributed by atoms with van der Waals surface area (Å²) >= 11 is 0. The van der Waals surface area contributed by atoms with Gasteiger partial charge in [-0.2, -0.15) is 5.10 Å². The van der Waals surface area contributed by atoms with Crippen molar-refractivity contribution in [2.45, 2.75) is 38.5 Å². The first-order chi connectivity index (χ1) is 11.2. The average molecular weight is 312 g/mol. The maximum Gasteiger partial charge on any atom is 0.323 e. The molecule has 1 atom stereocenters. The molecule has 0 spiro atoms. The van der Waals surface area contributed by atoms with Crippen LogP contribution in [0.5, 0.6) is 0 Å². The minimum atomic E-state index is -0.0924. The van der Waals surface area contributed by atoms with E-state index in [1.54, 1.807) is 0 Å². The zero-order valence-corrected chi connectivity index (χ0v) is 13.2. The first-order valence-corrected chi connectivity index (χ1v) is 8.12. The topological polar surface area (TPSA) is 86.8 Å². The number of hydrogen-bond donors (Lipinski definition) is 2. The highest BCUT2D eigenvalue weighted by Crippen LogP contribution is 2.26. The Bertz CT molecular complexity index is 740. The Morgan fingerprint density at radius 1 is 1.35 bits per heavy atom. The van der Waals surface area contributed by atoms with Crippen molar-refractivity contribution in [3.05, 3.63) is 35.0 Å². The minimum Gasteiger partial charge on any atom is -0.324 e. The van der Waals surface area contributed by atoms with Crippen LogP contribution in [0, 0.1) is 6.92 Å². The van der Waals surface area contributed by atoms with Crippen molar-refractivity contribution >= 4 is 11.8 Å². The van der Waals surface area contributed by atoms with Crippen molar-refractivity contribution in [1.82, 2.24) is 25.1 Å². The van der Waals surface area contributed by atoms with Gasteiger partial charge in [0.15, 0.2) is 5.82 Å². The molecule has 0 radical (unpaired) electrons. The molecule has 0 aromatic carbocycles. The molecule has 2 aromatic rings. The Hall–Kier alpha value is -2.44. The van der Waals surface area contributed by atoms with Crippen LogP contribution in [0.2, 0.25) is 0 Å². The summed E-state index contributed by atoms with van der Waals surface area (Å²) in [5, 5.41) is 9.99. The molecule has 23 heavy (non-hydrogen) atoms. The molecule has 2 amide bonds. The zero-order chi connectivity index (χ0) is 15.8. The number of nitrogens with one attached hydrogen (secondary N) is 2. The van der Waals surface area contributed by atoms with E-state index >= 15 is 0 Å². The molecule has 2 aromatic heterocycles. The van der Waals surface area contributed by atoms with Crippen LogP contribution in [-0.4, -0.2) is 44.2 Å². The van der Waals surface area contributed by atoms with Crippen molar-refractivity contribution in [2.24, 2.45) is 0 Å². The van der Waals surface area contributed by atoms with Crippen molar-refractivity contribution in [3.8, 4) is 0 Å². The monoisotopic (exact) mass is 312 g/mol. The number of H-pyrrole nitrogens is 1. The first-order valence-electron chi connectivity index (χ1n) is 8.12.